The highest BCUT2D eigenvalue weighted by atomic mass is 32.2. The molecule has 548 valence electrons. The van der Waals surface area contributed by atoms with Crippen LogP contribution in [0.4, 0.5) is 0 Å². The average molecular weight is 1440 g/mol. The predicted octanol–water partition coefficient (Wildman–Crippen LogP) is 7.09. The molecular formula is C68H99N3O24S3. The lowest BCUT2D eigenvalue weighted by molar-refractivity contribution is -0.157. The molecule has 0 saturated heterocycles. The van der Waals surface area contributed by atoms with Crippen molar-refractivity contribution in [2.24, 2.45) is 53.3 Å². The van der Waals surface area contributed by atoms with E-state index in [9.17, 15) is 71.9 Å². The van der Waals surface area contributed by atoms with Gasteiger partial charge >= 0.3 is 70.8 Å². The lowest BCUT2D eigenvalue weighted by Gasteiger charge is -2.32. The summed E-state index contributed by atoms with van der Waals surface area (Å²) in [6, 6.07) is 0. The highest BCUT2D eigenvalue weighted by molar-refractivity contribution is 8.14. The number of hydrogen-bond acceptors (Lipinski definition) is 27. The lowest BCUT2D eigenvalue weighted by atomic mass is 9.75. The van der Waals surface area contributed by atoms with E-state index in [0.29, 0.717) is 71.5 Å². The maximum atomic E-state index is 14.0. The van der Waals surface area contributed by atoms with Crippen LogP contribution in [0.5, 0.6) is 0 Å². The topological polar surface area (TPSA) is 354 Å². The van der Waals surface area contributed by atoms with Crippen LogP contribution in [0.3, 0.4) is 0 Å². The number of esters is 9. The maximum Gasteiger partial charge on any atom is 0.336 e. The van der Waals surface area contributed by atoms with E-state index < -0.39 is 162 Å². The minimum atomic E-state index is -1.18. The van der Waals surface area contributed by atoms with Gasteiger partial charge in [-0.25, -0.2) is 42.5 Å². The molecule has 1 heterocycles. The maximum absolute atomic E-state index is 14.0. The van der Waals surface area contributed by atoms with Crippen molar-refractivity contribution < 1.29 is 100 Å². The molecule has 0 aromatic carbocycles. The van der Waals surface area contributed by atoms with Crippen molar-refractivity contribution in [1.29, 1.82) is 0 Å². The van der Waals surface area contributed by atoms with Crippen LogP contribution in [0.25, 0.3) is 0 Å². The predicted molar refractivity (Wildman–Crippen MR) is 364 cm³/mol. The summed E-state index contributed by atoms with van der Waals surface area (Å²) in [4.78, 5) is 197. The smallest absolute Gasteiger partial charge is 0.336 e. The molecule has 27 nitrogen and oxygen atoms in total. The molecule has 98 heavy (non-hydrogen) atoms. The number of nitrogens with zero attached hydrogens (tertiary/aromatic N) is 3. The second-order valence-electron chi connectivity index (χ2n) is 25.0. The van der Waals surface area contributed by atoms with Crippen LogP contribution < -0.4 is 17.1 Å². The Morgan fingerprint density at radius 2 is 0.592 bits per heavy atom. The van der Waals surface area contributed by atoms with Gasteiger partial charge in [-0.05, 0) is 96.3 Å². The molecular weight excluding hydrogens is 1340 g/mol. The molecule has 0 bridgehead atoms. The third-order valence-electron chi connectivity index (χ3n) is 16.3. The van der Waals surface area contributed by atoms with Crippen LogP contribution in [0.1, 0.15) is 153 Å². The van der Waals surface area contributed by atoms with Gasteiger partial charge in [-0.15, -0.1) is 0 Å². The van der Waals surface area contributed by atoms with Crippen LogP contribution in [-0.2, 0) is 120 Å². The van der Waals surface area contributed by atoms with Crippen LogP contribution in [0.15, 0.2) is 50.8 Å². The molecule has 30 heteroatoms. The Balaban J connectivity index is 0.0000124. The molecule has 0 N–H and O–H groups in total. The summed E-state index contributed by atoms with van der Waals surface area (Å²) in [6.45, 7) is 24.8. The minimum Gasteiger partial charge on any atom is -0.464 e. The summed E-state index contributed by atoms with van der Waals surface area (Å²) < 4.78 is 49.1. The summed E-state index contributed by atoms with van der Waals surface area (Å²) in [7, 11) is 0. The van der Waals surface area contributed by atoms with Crippen molar-refractivity contribution in [2.75, 3.05) is 59.5 Å². The first-order chi connectivity index (χ1) is 46.3. The zero-order chi connectivity index (χ0) is 73.5. The van der Waals surface area contributed by atoms with Gasteiger partial charge in [0.15, 0.2) is 15.3 Å². The fraction of sp³-hybridized carbons (Fsp3) is 0.691. The number of carbonyl (C=O) groups excluding carboxylic acids is 12. The van der Waals surface area contributed by atoms with Gasteiger partial charge in [-0.2, -0.15) is 0 Å². The Hall–Kier alpha value is -7.08. The number of ether oxygens (including phenoxy) is 9. The van der Waals surface area contributed by atoms with Gasteiger partial charge in [0.25, 0.3) is 0 Å². The van der Waals surface area contributed by atoms with Crippen LogP contribution in [0, 0.1) is 53.3 Å². The van der Waals surface area contributed by atoms with Crippen molar-refractivity contribution in [1.82, 2.24) is 13.7 Å². The van der Waals surface area contributed by atoms with E-state index in [-0.39, 0.29) is 109 Å². The Labute approximate surface area is 584 Å². The Morgan fingerprint density at radius 1 is 0.367 bits per heavy atom. The summed E-state index contributed by atoms with van der Waals surface area (Å²) >= 11 is 2.55. The third-order valence-corrected chi connectivity index (χ3v) is 19.6. The highest BCUT2D eigenvalue weighted by Crippen LogP contribution is 2.41. The molecule has 1 aromatic rings. The molecule has 3 aliphatic carbocycles. The first kappa shape index (κ1) is 85.1. The van der Waals surface area contributed by atoms with E-state index in [1.54, 1.807) is 20.8 Å². The standard InChI is InChI=1S/C66H93N3O24S3.C2H6/c1-37(2)55(73)88-25-28-91-58(76)46-16-13-40(7)31-49(46)61(79)94-43(10)34-52(70)85-22-19-67-64(82)68(20-23-86-53(71)35-44(11)95-62(80)50-32-41(8)14-17-47(50)59(77)92-29-26-89-56(74)38(3)4)66(84)69(65(67)83)21-24-87-54(72)36-45(12)96-63(81)51-33-42(9)15-18-48(51)60(78)93-30-27-90-57(75)39(5)6;1-2/h40-51H,1,3,5,13-36H2,2,4,6-12H3;1-2H3. The molecule has 0 radical (unpaired) electrons. The molecule has 12 unspecified atom stereocenters. The zero-order valence-corrected chi connectivity index (χ0v) is 60.8. The second kappa shape index (κ2) is 43.4. The summed E-state index contributed by atoms with van der Waals surface area (Å²) in [6.07, 6.45) is 3.38. The lowest BCUT2D eigenvalue weighted by Crippen LogP contribution is -2.55. The zero-order valence-electron chi connectivity index (χ0n) is 58.4. The Morgan fingerprint density at radius 3 is 0.816 bits per heavy atom. The summed E-state index contributed by atoms with van der Waals surface area (Å²) in [5, 5.41) is -3.02. The summed E-state index contributed by atoms with van der Waals surface area (Å²) in [5.41, 5.74) is -3.00. The largest absolute Gasteiger partial charge is 0.464 e. The monoisotopic (exact) mass is 1440 g/mol. The van der Waals surface area contributed by atoms with E-state index in [1.165, 1.54) is 20.8 Å². The molecule has 1 aromatic heterocycles. The van der Waals surface area contributed by atoms with E-state index in [4.69, 9.17) is 42.6 Å². The van der Waals surface area contributed by atoms with Gasteiger partial charge in [-0.3, -0.25) is 43.2 Å². The van der Waals surface area contributed by atoms with Crippen molar-refractivity contribution in [3.05, 3.63) is 67.9 Å². The fourth-order valence-corrected chi connectivity index (χ4v) is 14.3. The van der Waals surface area contributed by atoms with E-state index >= 15 is 0 Å². The molecule has 3 saturated carbocycles. The average Bonchev–Trinajstić information content (AvgIpc) is 0.794. The van der Waals surface area contributed by atoms with Crippen LogP contribution >= 0.6 is 35.3 Å². The molecule has 0 aliphatic heterocycles. The molecule has 3 fully saturated rings. The normalized spacial score (nSPS) is 21.3. The molecule has 0 amide bonds. The number of rotatable bonds is 36. The van der Waals surface area contributed by atoms with E-state index in [2.05, 4.69) is 19.7 Å². The molecule has 12 atom stereocenters. The second-order valence-corrected chi connectivity index (χ2v) is 29.3. The van der Waals surface area contributed by atoms with Crippen LogP contribution in [0.2, 0.25) is 0 Å². The van der Waals surface area contributed by atoms with Gasteiger partial charge in [0, 0.05) is 50.2 Å². The quantitative estimate of drug-likeness (QED) is 0.0280. The SMILES string of the molecule is C=C(C)C(=O)OCCOC(=O)C1CCC(C)CC1C(=O)SC(C)CC(=O)OCCn1c(=O)n(CCOC(=O)CC(C)SC(=O)C2CC(C)CCC2C(=O)OCCOC(=O)C(=C)C)c(=O)n(CCOC(=O)CC(C)SC(=O)C2CC(C)CCC2C(=O)OCCOC(=O)C(=C)C)c1=O.CC. The van der Waals surface area contributed by atoms with E-state index in [1.807, 2.05) is 34.6 Å². The van der Waals surface area contributed by atoms with Crippen molar-refractivity contribution in [3.63, 3.8) is 0 Å². The molecule has 3 aliphatic rings. The first-order valence-electron chi connectivity index (χ1n) is 33.3. The van der Waals surface area contributed by atoms with Crippen molar-refractivity contribution >= 4 is 104 Å². The number of aromatic nitrogens is 3. The van der Waals surface area contributed by atoms with Gasteiger partial charge in [0.1, 0.15) is 59.5 Å². The molecule has 4 rings (SSSR count). The van der Waals surface area contributed by atoms with Gasteiger partial charge in [-0.1, -0.05) is 110 Å². The number of hydrogen-bond donors (Lipinski definition) is 0. The summed E-state index contributed by atoms with van der Waals surface area (Å²) in [5.74, 6) is -10.4. The minimum absolute atomic E-state index is 0.114. The van der Waals surface area contributed by atoms with Crippen LogP contribution in [-0.4, -0.2) is 158 Å². The van der Waals surface area contributed by atoms with Gasteiger partial charge < -0.3 is 42.6 Å². The molecule has 0 spiro atoms. The Kier molecular flexibility index (Phi) is 37.7. The van der Waals surface area contributed by atoms with Crippen molar-refractivity contribution in [2.45, 2.75) is 189 Å². The fourth-order valence-electron chi connectivity index (χ4n) is 11.2. The Bertz CT molecular complexity index is 2850. The highest BCUT2D eigenvalue weighted by Gasteiger charge is 2.43. The van der Waals surface area contributed by atoms with E-state index in [0.717, 1.165) is 35.3 Å². The number of thioether (sulfide) groups is 3. The first-order valence-corrected chi connectivity index (χ1v) is 35.9. The number of carbonyl (C=O) groups is 12. The van der Waals surface area contributed by atoms with Gasteiger partial charge in [0.05, 0.1) is 56.7 Å². The van der Waals surface area contributed by atoms with Gasteiger partial charge in [0.2, 0.25) is 0 Å². The van der Waals surface area contributed by atoms with Crippen molar-refractivity contribution in [3.8, 4) is 0 Å². The third kappa shape index (κ3) is 28.6.